The summed E-state index contributed by atoms with van der Waals surface area (Å²) < 4.78 is 0. The van der Waals surface area contributed by atoms with Gasteiger partial charge in [-0.3, -0.25) is 14.9 Å². The number of nitro benzene ring substituents is 1. The molecular formula is C16H21Cl2N3O3. The van der Waals surface area contributed by atoms with Crippen LogP contribution in [0.15, 0.2) is 18.2 Å². The van der Waals surface area contributed by atoms with E-state index in [1.54, 1.807) is 6.07 Å². The quantitative estimate of drug-likeness (QED) is 0.650. The van der Waals surface area contributed by atoms with E-state index in [0.717, 1.165) is 12.8 Å². The van der Waals surface area contributed by atoms with Gasteiger partial charge in [-0.1, -0.05) is 17.7 Å². The molecule has 8 heteroatoms. The number of non-ortho nitro benzene ring substituents is 1. The maximum absolute atomic E-state index is 12.5. The van der Waals surface area contributed by atoms with Crippen LogP contribution in [0.2, 0.25) is 5.02 Å². The molecule has 2 unspecified atom stereocenters. The molecule has 0 spiro atoms. The molecule has 132 valence electrons. The number of fused-ring (bicyclic) bond motifs is 2. The number of likely N-dealkylation sites (N-methyl/N-ethyl adjacent to an activating group) is 1. The number of halogens is 2. The molecule has 0 radical (unpaired) electrons. The average Bonchev–Trinajstić information content (AvgIpc) is 2.86. The largest absolute Gasteiger partial charge is 0.342 e. The molecule has 0 aliphatic carbocycles. The third kappa shape index (κ3) is 3.99. The third-order valence-electron chi connectivity index (χ3n) is 4.98. The van der Waals surface area contributed by atoms with E-state index in [0.29, 0.717) is 17.6 Å². The number of nitrogens with zero attached hydrogens (tertiary/aromatic N) is 2. The third-order valence-corrected chi connectivity index (χ3v) is 5.33. The number of nitrogens with one attached hydrogen (secondary N) is 1. The Bertz CT molecular complexity index is 629. The lowest BCUT2D eigenvalue weighted by molar-refractivity contribution is -0.384. The zero-order valence-electron chi connectivity index (χ0n) is 13.4. The lowest BCUT2D eigenvalue weighted by Gasteiger charge is -2.35. The van der Waals surface area contributed by atoms with Gasteiger partial charge in [-0.05, 0) is 31.2 Å². The summed E-state index contributed by atoms with van der Waals surface area (Å²) in [6.45, 7) is 0. The molecule has 6 nitrogen and oxygen atoms in total. The Morgan fingerprint density at radius 1 is 1.38 bits per heavy atom. The normalized spacial score (nSPS) is 25.0. The van der Waals surface area contributed by atoms with Gasteiger partial charge in [0.1, 0.15) is 0 Å². The molecule has 3 rings (SSSR count). The summed E-state index contributed by atoms with van der Waals surface area (Å²) >= 11 is 6.08. The highest BCUT2D eigenvalue weighted by molar-refractivity contribution is 6.31. The van der Waals surface area contributed by atoms with Gasteiger partial charge in [-0.15, -0.1) is 12.4 Å². The maximum Gasteiger partial charge on any atom is 0.270 e. The highest BCUT2D eigenvalue weighted by atomic mass is 35.5. The molecule has 2 aliphatic rings. The predicted octanol–water partition coefficient (Wildman–Crippen LogP) is 2.95. The smallest absolute Gasteiger partial charge is 0.270 e. The minimum Gasteiger partial charge on any atom is -0.342 e. The summed E-state index contributed by atoms with van der Waals surface area (Å²) in [5.41, 5.74) is 0.570. The molecule has 2 fully saturated rings. The molecule has 2 atom stereocenters. The van der Waals surface area contributed by atoms with E-state index >= 15 is 0 Å². The first-order chi connectivity index (χ1) is 10.9. The molecule has 1 amide bonds. The van der Waals surface area contributed by atoms with Crippen LogP contribution >= 0.6 is 24.0 Å². The predicted molar refractivity (Wildman–Crippen MR) is 94.8 cm³/mol. The van der Waals surface area contributed by atoms with Crippen LogP contribution in [-0.2, 0) is 11.2 Å². The summed E-state index contributed by atoms with van der Waals surface area (Å²) in [6.07, 6.45) is 4.54. The number of carbonyl (C=O) groups is 1. The Balaban J connectivity index is 0.00000208. The van der Waals surface area contributed by atoms with Crippen molar-refractivity contribution in [3.05, 3.63) is 38.9 Å². The number of carbonyl (C=O) groups excluding carboxylic acids is 1. The van der Waals surface area contributed by atoms with Crippen molar-refractivity contribution in [3.8, 4) is 0 Å². The van der Waals surface area contributed by atoms with E-state index < -0.39 is 4.92 Å². The van der Waals surface area contributed by atoms with Crippen molar-refractivity contribution in [2.24, 2.45) is 0 Å². The monoisotopic (exact) mass is 373 g/mol. The van der Waals surface area contributed by atoms with Crippen LogP contribution in [0, 0.1) is 10.1 Å². The topological polar surface area (TPSA) is 75.5 Å². The van der Waals surface area contributed by atoms with Gasteiger partial charge in [0.25, 0.3) is 5.69 Å². The van der Waals surface area contributed by atoms with Crippen molar-refractivity contribution < 1.29 is 9.72 Å². The Hall–Kier alpha value is -1.37. The van der Waals surface area contributed by atoms with Crippen molar-refractivity contribution >= 4 is 35.6 Å². The van der Waals surface area contributed by atoms with Crippen molar-refractivity contribution in [3.63, 3.8) is 0 Å². The van der Waals surface area contributed by atoms with Gasteiger partial charge in [0.15, 0.2) is 0 Å². The van der Waals surface area contributed by atoms with Crippen LogP contribution in [0.3, 0.4) is 0 Å². The maximum atomic E-state index is 12.5. The summed E-state index contributed by atoms with van der Waals surface area (Å²) in [6, 6.07) is 5.57. The fourth-order valence-electron chi connectivity index (χ4n) is 3.63. The van der Waals surface area contributed by atoms with Gasteiger partial charge in [-0.2, -0.15) is 0 Å². The van der Waals surface area contributed by atoms with Crippen LogP contribution in [0.25, 0.3) is 0 Å². The highest BCUT2D eigenvalue weighted by Gasteiger charge is 2.36. The first-order valence-corrected chi connectivity index (χ1v) is 8.26. The van der Waals surface area contributed by atoms with Gasteiger partial charge in [0.2, 0.25) is 5.91 Å². The van der Waals surface area contributed by atoms with E-state index in [9.17, 15) is 14.9 Å². The lowest BCUT2D eigenvalue weighted by Crippen LogP contribution is -2.49. The summed E-state index contributed by atoms with van der Waals surface area (Å²) in [5, 5.41) is 14.6. The zero-order chi connectivity index (χ0) is 16.6. The van der Waals surface area contributed by atoms with E-state index in [1.807, 2.05) is 11.9 Å². The number of hydrogen-bond acceptors (Lipinski definition) is 4. The molecule has 1 N–H and O–H groups in total. The van der Waals surface area contributed by atoms with Crippen LogP contribution in [-0.4, -0.2) is 40.9 Å². The minimum atomic E-state index is -0.492. The fraction of sp³-hybridized carbons (Fsp3) is 0.562. The van der Waals surface area contributed by atoms with Gasteiger partial charge < -0.3 is 10.2 Å². The average molecular weight is 374 g/mol. The molecular weight excluding hydrogens is 353 g/mol. The lowest BCUT2D eigenvalue weighted by atomic mass is 9.98. The van der Waals surface area contributed by atoms with Gasteiger partial charge in [0.05, 0.1) is 16.4 Å². The summed E-state index contributed by atoms with van der Waals surface area (Å²) in [4.78, 5) is 24.6. The van der Waals surface area contributed by atoms with E-state index in [-0.39, 0.29) is 41.5 Å². The molecule has 0 saturated carbocycles. The number of rotatable bonds is 4. The van der Waals surface area contributed by atoms with E-state index in [2.05, 4.69) is 5.32 Å². The Kier molecular flexibility index (Phi) is 6.06. The Morgan fingerprint density at radius 3 is 2.54 bits per heavy atom. The molecule has 2 bridgehead atoms. The summed E-state index contributed by atoms with van der Waals surface area (Å²) in [7, 11) is 1.84. The number of piperidine rings is 1. The van der Waals surface area contributed by atoms with Crippen molar-refractivity contribution in [2.75, 3.05) is 7.05 Å². The first kappa shape index (κ1) is 19.0. The molecule has 1 aromatic carbocycles. The van der Waals surface area contributed by atoms with Gasteiger partial charge in [-0.25, -0.2) is 0 Å². The summed E-state index contributed by atoms with van der Waals surface area (Å²) in [5.74, 6) is 0.00653. The van der Waals surface area contributed by atoms with Crippen molar-refractivity contribution in [2.45, 2.75) is 50.2 Å². The Morgan fingerprint density at radius 2 is 2.00 bits per heavy atom. The zero-order valence-corrected chi connectivity index (χ0v) is 15.0. The molecule has 0 aromatic heterocycles. The van der Waals surface area contributed by atoms with Crippen LogP contribution < -0.4 is 5.32 Å². The fourth-order valence-corrected chi connectivity index (χ4v) is 3.87. The number of nitro groups is 1. The van der Waals surface area contributed by atoms with Crippen molar-refractivity contribution in [1.29, 1.82) is 0 Å². The Labute approximate surface area is 152 Å². The van der Waals surface area contributed by atoms with Crippen LogP contribution in [0.1, 0.15) is 31.2 Å². The molecule has 2 aliphatic heterocycles. The minimum absolute atomic E-state index is 0. The highest BCUT2D eigenvalue weighted by Crippen LogP contribution is 2.30. The first-order valence-electron chi connectivity index (χ1n) is 7.88. The molecule has 2 saturated heterocycles. The van der Waals surface area contributed by atoms with E-state index in [4.69, 9.17) is 11.6 Å². The second-order valence-corrected chi connectivity index (χ2v) is 6.88. The SMILES string of the molecule is CN(C(=O)Cc1ccc([N+](=O)[O-])cc1Cl)C1CC2CCC(C1)N2.Cl. The van der Waals surface area contributed by atoms with E-state index in [1.165, 1.54) is 25.0 Å². The molecule has 24 heavy (non-hydrogen) atoms. The number of amides is 1. The van der Waals surface area contributed by atoms with Crippen molar-refractivity contribution in [1.82, 2.24) is 10.2 Å². The standard InChI is InChI=1S/C16H20ClN3O3.ClH/c1-19(14-7-11-3-4-12(8-14)18-11)16(21)6-10-2-5-13(20(22)23)9-15(10)17;/h2,5,9,11-12,14,18H,3-4,6-8H2,1H3;1H. The van der Waals surface area contributed by atoms with Gasteiger partial charge >= 0.3 is 0 Å². The number of hydrogen-bond donors (Lipinski definition) is 1. The van der Waals surface area contributed by atoms with Gasteiger partial charge in [0, 0.05) is 37.3 Å². The second-order valence-electron chi connectivity index (χ2n) is 6.48. The molecule has 2 heterocycles. The number of benzene rings is 1. The second kappa shape index (κ2) is 7.68. The molecule has 1 aromatic rings. The van der Waals surface area contributed by atoms with Crippen LogP contribution in [0.4, 0.5) is 5.69 Å². The van der Waals surface area contributed by atoms with Crippen LogP contribution in [0.5, 0.6) is 0 Å².